The maximum atomic E-state index is 12.7. The van der Waals surface area contributed by atoms with E-state index in [-0.39, 0.29) is 5.91 Å². The van der Waals surface area contributed by atoms with Crippen LogP contribution in [0.3, 0.4) is 0 Å². The van der Waals surface area contributed by atoms with Gasteiger partial charge in [0, 0.05) is 18.8 Å². The van der Waals surface area contributed by atoms with E-state index in [1.165, 1.54) is 6.20 Å². The van der Waals surface area contributed by atoms with Gasteiger partial charge in [-0.3, -0.25) is 4.79 Å². The molecular formula is C20H22N6O2. The fourth-order valence-electron chi connectivity index (χ4n) is 3.81. The van der Waals surface area contributed by atoms with Gasteiger partial charge in [-0.15, -0.1) is 0 Å². The Kier molecular flexibility index (Phi) is 5.10. The van der Waals surface area contributed by atoms with Gasteiger partial charge in [-0.1, -0.05) is 5.16 Å². The first-order valence-corrected chi connectivity index (χ1v) is 9.42. The molecule has 1 aliphatic heterocycles. The van der Waals surface area contributed by atoms with Gasteiger partial charge in [0.2, 0.25) is 0 Å². The van der Waals surface area contributed by atoms with E-state index in [0.717, 1.165) is 54.2 Å². The molecule has 0 N–H and O–H groups in total. The van der Waals surface area contributed by atoms with Gasteiger partial charge < -0.3 is 9.42 Å². The molecule has 4 rings (SSSR count). The van der Waals surface area contributed by atoms with Gasteiger partial charge in [0.15, 0.2) is 0 Å². The number of amides is 1. The number of rotatable bonds is 4. The molecule has 0 aliphatic carbocycles. The third-order valence-corrected chi connectivity index (χ3v) is 5.15. The largest absolute Gasteiger partial charge is 0.361 e. The minimum atomic E-state index is 0.0127. The van der Waals surface area contributed by atoms with Gasteiger partial charge in [-0.25, -0.2) is 9.97 Å². The van der Waals surface area contributed by atoms with Crippen LogP contribution in [0.15, 0.2) is 35.4 Å². The molecule has 8 nitrogen and oxygen atoms in total. The van der Waals surface area contributed by atoms with Gasteiger partial charge in [-0.2, -0.15) is 10.2 Å². The molecule has 4 heterocycles. The van der Waals surface area contributed by atoms with Gasteiger partial charge in [0.05, 0.1) is 34.9 Å². The van der Waals surface area contributed by atoms with Crippen LogP contribution in [-0.4, -0.2) is 49.2 Å². The zero-order chi connectivity index (χ0) is 19.5. The lowest BCUT2D eigenvalue weighted by molar-refractivity contribution is 0.0672. The van der Waals surface area contributed by atoms with E-state index >= 15 is 0 Å². The van der Waals surface area contributed by atoms with E-state index in [2.05, 4.69) is 25.3 Å². The summed E-state index contributed by atoms with van der Waals surface area (Å²) in [5.74, 6) is 1.13. The van der Waals surface area contributed by atoms with Crippen molar-refractivity contribution in [3.8, 4) is 11.3 Å². The maximum Gasteiger partial charge on any atom is 0.255 e. The Morgan fingerprint density at radius 3 is 2.93 bits per heavy atom. The maximum absolute atomic E-state index is 12.7. The molecule has 1 aliphatic rings. The fraction of sp³-hybridized carbons (Fsp3) is 0.400. The van der Waals surface area contributed by atoms with Gasteiger partial charge in [0.25, 0.3) is 5.91 Å². The molecule has 1 saturated heterocycles. The summed E-state index contributed by atoms with van der Waals surface area (Å²) in [5.41, 5.74) is 4.12. The fourth-order valence-corrected chi connectivity index (χ4v) is 3.81. The van der Waals surface area contributed by atoms with Crippen molar-refractivity contribution in [1.82, 2.24) is 30.2 Å². The highest BCUT2D eigenvalue weighted by Gasteiger charge is 2.25. The molecule has 1 fully saturated rings. The van der Waals surface area contributed by atoms with Crippen LogP contribution in [-0.2, 0) is 6.42 Å². The number of carbonyl (C=O) groups excluding carboxylic acids is 1. The zero-order valence-corrected chi connectivity index (χ0v) is 16.0. The van der Waals surface area contributed by atoms with Crippen LogP contribution >= 0.6 is 0 Å². The Morgan fingerprint density at radius 2 is 2.18 bits per heavy atom. The van der Waals surface area contributed by atoms with Gasteiger partial charge in [-0.05, 0) is 51.2 Å². The predicted octanol–water partition coefficient (Wildman–Crippen LogP) is 2.63. The second kappa shape index (κ2) is 7.84. The Labute approximate surface area is 163 Å². The average Bonchev–Trinajstić information content (AvgIpc) is 3.06. The van der Waals surface area contributed by atoms with Crippen molar-refractivity contribution >= 4 is 5.91 Å². The Hall–Kier alpha value is -3.16. The number of likely N-dealkylation sites (tertiary alicyclic amines) is 1. The number of nitrogens with zero attached hydrogens (tertiary/aromatic N) is 6. The van der Waals surface area contributed by atoms with Crippen LogP contribution in [0.5, 0.6) is 0 Å². The molecule has 1 amide bonds. The topological polar surface area (TPSA) is 97.9 Å². The highest BCUT2D eigenvalue weighted by molar-refractivity contribution is 5.93. The molecule has 3 aromatic heterocycles. The van der Waals surface area contributed by atoms with Crippen LogP contribution in [0.2, 0.25) is 0 Å². The van der Waals surface area contributed by atoms with Crippen LogP contribution in [0.1, 0.15) is 40.3 Å². The molecule has 0 bridgehead atoms. The lowest BCUT2D eigenvalue weighted by Gasteiger charge is -2.32. The standard InChI is InChI=1S/C20H22N6O2/c1-13-19(14(2)28-25-13)18-9-17(21-12-22-18)8-15-4-3-7-26(11-15)20(27)16-5-6-23-24-10-16/h5-6,9-10,12,15H,3-4,7-8,11H2,1-2H3/t15-/m1/s1. The van der Waals surface area contributed by atoms with Gasteiger partial charge >= 0.3 is 0 Å². The summed E-state index contributed by atoms with van der Waals surface area (Å²) in [6.45, 7) is 5.28. The lowest BCUT2D eigenvalue weighted by Crippen LogP contribution is -2.40. The van der Waals surface area contributed by atoms with Crippen LogP contribution in [0, 0.1) is 19.8 Å². The summed E-state index contributed by atoms with van der Waals surface area (Å²) >= 11 is 0. The van der Waals surface area contributed by atoms with Gasteiger partial charge in [0.1, 0.15) is 12.1 Å². The average molecular weight is 378 g/mol. The van der Waals surface area contributed by atoms with E-state index in [1.807, 2.05) is 24.8 Å². The summed E-state index contributed by atoms with van der Waals surface area (Å²) in [5, 5.41) is 11.6. The summed E-state index contributed by atoms with van der Waals surface area (Å²) < 4.78 is 5.26. The predicted molar refractivity (Wildman–Crippen MR) is 101 cm³/mol. The number of aryl methyl sites for hydroxylation is 2. The van der Waals surface area contributed by atoms with Crippen molar-refractivity contribution in [2.75, 3.05) is 13.1 Å². The third kappa shape index (κ3) is 3.76. The van der Waals surface area contributed by atoms with Crippen molar-refractivity contribution in [3.05, 3.63) is 53.6 Å². The number of carbonyl (C=O) groups is 1. The van der Waals surface area contributed by atoms with Crippen molar-refractivity contribution in [2.45, 2.75) is 33.1 Å². The molecule has 0 radical (unpaired) electrons. The molecule has 8 heteroatoms. The zero-order valence-electron chi connectivity index (χ0n) is 16.0. The molecule has 3 aromatic rings. The van der Waals surface area contributed by atoms with Crippen molar-refractivity contribution in [1.29, 1.82) is 0 Å². The van der Waals surface area contributed by atoms with Crippen molar-refractivity contribution in [3.63, 3.8) is 0 Å². The molecule has 0 spiro atoms. The first-order valence-electron chi connectivity index (χ1n) is 9.42. The van der Waals surface area contributed by atoms with E-state index in [9.17, 15) is 4.79 Å². The van der Waals surface area contributed by atoms with Crippen LogP contribution in [0.4, 0.5) is 0 Å². The summed E-state index contributed by atoms with van der Waals surface area (Å²) in [6, 6.07) is 3.71. The molecule has 144 valence electrons. The first-order chi connectivity index (χ1) is 13.6. The Morgan fingerprint density at radius 1 is 1.29 bits per heavy atom. The minimum Gasteiger partial charge on any atom is -0.361 e. The summed E-state index contributed by atoms with van der Waals surface area (Å²) in [6.07, 6.45) is 7.51. The number of piperidine rings is 1. The van der Waals surface area contributed by atoms with E-state index in [0.29, 0.717) is 18.0 Å². The van der Waals surface area contributed by atoms with Crippen LogP contribution < -0.4 is 0 Å². The first kappa shape index (κ1) is 18.2. The molecule has 0 saturated carbocycles. The van der Waals surface area contributed by atoms with Crippen LogP contribution in [0.25, 0.3) is 11.3 Å². The minimum absolute atomic E-state index is 0.0127. The van der Waals surface area contributed by atoms with E-state index < -0.39 is 0 Å². The smallest absolute Gasteiger partial charge is 0.255 e. The summed E-state index contributed by atoms with van der Waals surface area (Å²) in [4.78, 5) is 23.4. The quantitative estimate of drug-likeness (QED) is 0.688. The molecule has 1 atom stereocenters. The highest BCUT2D eigenvalue weighted by atomic mass is 16.5. The molecule has 0 aromatic carbocycles. The number of aromatic nitrogens is 5. The Balaban J connectivity index is 1.47. The number of hydrogen-bond acceptors (Lipinski definition) is 7. The third-order valence-electron chi connectivity index (χ3n) is 5.15. The van der Waals surface area contributed by atoms with E-state index in [1.54, 1.807) is 18.6 Å². The second-order valence-corrected chi connectivity index (χ2v) is 7.19. The Bertz CT molecular complexity index is 952. The highest BCUT2D eigenvalue weighted by Crippen LogP contribution is 2.27. The van der Waals surface area contributed by atoms with Crippen molar-refractivity contribution < 1.29 is 9.32 Å². The SMILES string of the molecule is Cc1noc(C)c1-c1cc(C[C@H]2CCCN(C(=O)c3ccnnc3)C2)ncn1. The number of hydrogen-bond donors (Lipinski definition) is 0. The molecule has 28 heavy (non-hydrogen) atoms. The van der Waals surface area contributed by atoms with E-state index in [4.69, 9.17) is 4.52 Å². The molecular weight excluding hydrogens is 356 g/mol. The van der Waals surface area contributed by atoms with Crippen molar-refractivity contribution in [2.24, 2.45) is 5.92 Å². The monoisotopic (exact) mass is 378 g/mol. The second-order valence-electron chi connectivity index (χ2n) is 7.19. The molecule has 0 unspecified atom stereocenters. The summed E-state index contributed by atoms with van der Waals surface area (Å²) in [7, 11) is 0. The normalized spacial score (nSPS) is 16.9. The lowest BCUT2D eigenvalue weighted by atomic mass is 9.92.